The van der Waals surface area contributed by atoms with Gasteiger partial charge in [0.2, 0.25) is 0 Å². The SMILES string of the molecule is CCCCCCCCCCOC(C)CC. The van der Waals surface area contributed by atoms with Crippen LogP contribution in [0.1, 0.15) is 78.6 Å². The summed E-state index contributed by atoms with van der Waals surface area (Å²) in [5.41, 5.74) is 0. The quantitative estimate of drug-likeness (QED) is 0.442. The summed E-state index contributed by atoms with van der Waals surface area (Å²) in [6.07, 6.45) is 12.6. The maximum Gasteiger partial charge on any atom is 0.0544 e. The van der Waals surface area contributed by atoms with Crippen LogP contribution in [-0.4, -0.2) is 12.7 Å². The molecular weight excluding hydrogens is 184 g/mol. The van der Waals surface area contributed by atoms with Crippen LogP contribution in [0.5, 0.6) is 0 Å². The minimum Gasteiger partial charge on any atom is -0.379 e. The summed E-state index contributed by atoms with van der Waals surface area (Å²) in [6.45, 7) is 7.57. The molecule has 1 heteroatoms. The molecule has 92 valence electrons. The Kier molecular flexibility index (Phi) is 12.0. The van der Waals surface area contributed by atoms with Gasteiger partial charge in [-0.25, -0.2) is 0 Å². The zero-order valence-electron chi connectivity index (χ0n) is 11.1. The lowest BCUT2D eigenvalue weighted by Crippen LogP contribution is -2.07. The molecule has 1 unspecified atom stereocenters. The minimum absolute atomic E-state index is 0.453. The lowest BCUT2D eigenvalue weighted by molar-refractivity contribution is 0.0608. The molecule has 0 aromatic carbocycles. The molecule has 0 N–H and O–H groups in total. The summed E-state index contributed by atoms with van der Waals surface area (Å²) in [7, 11) is 0. The van der Waals surface area contributed by atoms with Crippen molar-refractivity contribution in [2.24, 2.45) is 0 Å². The molecule has 0 saturated carbocycles. The molecule has 0 aromatic heterocycles. The Balaban J connectivity index is 2.92. The average molecular weight is 214 g/mol. The van der Waals surface area contributed by atoms with E-state index < -0.39 is 0 Å². The minimum atomic E-state index is 0.453. The molecule has 0 aliphatic rings. The van der Waals surface area contributed by atoms with E-state index in [1.54, 1.807) is 0 Å². The van der Waals surface area contributed by atoms with Crippen molar-refractivity contribution < 1.29 is 4.74 Å². The van der Waals surface area contributed by atoms with Crippen LogP contribution in [-0.2, 0) is 4.74 Å². The molecule has 0 aliphatic heterocycles. The van der Waals surface area contributed by atoms with Crippen molar-refractivity contribution >= 4 is 0 Å². The fourth-order valence-corrected chi connectivity index (χ4v) is 1.64. The second-order valence-corrected chi connectivity index (χ2v) is 4.56. The van der Waals surface area contributed by atoms with Crippen molar-refractivity contribution in [1.29, 1.82) is 0 Å². The maximum atomic E-state index is 5.64. The number of unbranched alkanes of at least 4 members (excludes halogenated alkanes) is 7. The molecule has 15 heavy (non-hydrogen) atoms. The standard InChI is InChI=1S/C14H30O/c1-4-6-7-8-9-10-11-12-13-15-14(3)5-2/h14H,4-13H2,1-3H3. The van der Waals surface area contributed by atoms with E-state index in [0.717, 1.165) is 13.0 Å². The van der Waals surface area contributed by atoms with Gasteiger partial charge in [0.1, 0.15) is 0 Å². The molecule has 1 atom stereocenters. The summed E-state index contributed by atoms with van der Waals surface area (Å²) in [5, 5.41) is 0. The highest BCUT2D eigenvalue weighted by molar-refractivity contribution is 4.48. The summed E-state index contributed by atoms with van der Waals surface area (Å²) in [5.74, 6) is 0. The lowest BCUT2D eigenvalue weighted by Gasteiger charge is -2.09. The molecule has 0 saturated heterocycles. The van der Waals surface area contributed by atoms with Gasteiger partial charge in [-0.15, -0.1) is 0 Å². The third-order valence-electron chi connectivity index (χ3n) is 2.98. The number of ether oxygens (including phenoxy) is 1. The Morgan fingerprint density at radius 1 is 0.800 bits per heavy atom. The van der Waals surface area contributed by atoms with Gasteiger partial charge in [-0.3, -0.25) is 0 Å². The van der Waals surface area contributed by atoms with Crippen molar-refractivity contribution in [1.82, 2.24) is 0 Å². The van der Waals surface area contributed by atoms with Gasteiger partial charge in [-0.1, -0.05) is 58.8 Å². The zero-order valence-corrected chi connectivity index (χ0v) is 11.1. The van der Waals surface area contributed by atoms with E-state index >= 15 is 0 Å². The van der Waals surface area contributed by atoms with Crippen molar-refractivity contribution in [3.63, 3.8) is 0 Å². The fourth-order valence-electron chi connectivity index (χ4n) is 1.64. The number of hydrogen-bond acceptors (Lipinski definition) is 1. The first-order chi connectivity index (χ1) is 7.31. The van der Waals surface area contributed by atoms with Crippen LogP contribution in [0.25, 0.3) is 0 Å². The van der Waals surface area contributed by atoms with E-state index in [0.29, 0.717) is 6.10 Å². The molecular formula is C14H30O. The van der Waals surface area contributed by atoms with E-state index in [4.69, 9.17) is 4.74 Å². The van der Waals surface area contributed by atoms with Crippen molar-refractivity contribution in [3.8, 4) is 0 Å². The molecule has 0 aromatic rings. The molecule has 0 spiro atoms. The van der Waals surface area contributed by atoms with E-state index in [1.165, 1.54) is 51.4 Å². The van der Waals surface area contributed by atoms with Gasteiger partial charge in [0, 0.05) is 6.61 Å². The second-order valence-electron chi connectivity index (χ2n) is 4.56. The molecule has 0 heterocycles. The highest BCUT2D eigenvalue weighted by Gasteiger charge is 1.97. The fraction of sp³-hybridized carbons (Fsp3) is 1.00. The predicted octanol–water partition coefficient (Wildman–Crippen LogP) is 4.94. The lowest BCUT2D eigenvalue weighted by atomic mass is 10.1. The monoisotopic (exact) mass is 214 g/mol. The van der Waals surface area contributed by atoms with Crippen LogP contribution >= 0.6 is 0 Å². The Labute approximate surface area is 96.6 Å². The third kappa shape index (κ3) is 11.9. The zero-order chi connectivity index (χ0) is 11.4. The normalized spacial score (nSPS) is 13.0. The van der Waals surface area contributed by atoms with Gasteiger partial charge < -0.3 is 4.74 Å². The average Bonchev–Trinajstić information content (AvgIpc) is 2.26. The van der Waals surface area contributed by atoms with E-state index in [9.17, 15) is 0 Å². The smallest absolute Gasteiger partial charge is 0.0544 e. The molecule has 0 fully saturated rings. The van der Waals surface area contributed by atoms with Crippen molar-refractivity contribution in [3.05, 3.63) is 0 Å². The molecule has 0 rings (SSSR count). The Hall–Kier alpha value is -0.0400. The summed E-state index contributed by atoms with van der Waals surface area (Å²) in [4.78, 5) is 0. The topological polar surface area (TPSA) is 9.23 Å². The Bertz CT molecular complexity index is 112. The van der Waals surface area contributed by atoms with Crippen LogP contribution in [0.2, 0.25) is 0 Å². The van der Waals surface area contributed by atoms with Gasteiger partial charge in [0.25, 0.3) is 0 Å². The van der Waals surface area contributed by atoms with Crippen LogP contribution in [0.4, 0.5) is 0 Å². The second kappa shape index (κ2) is 12.0. The maximum absolute atomic E-state index is 5.64. The molecule has 1 nitrogen and oxygen atoms in total. The largest absolute Gasteiger partial charge is 0.379 e. The van der Waals surface area contributed by atoms with Crippen molar-refractivity contribution in [2.45, 2.75) is 84.7 Å². The highest BCUT2D eigenvalue weighted by atomic mass is 16.5. The van der Waals surface area contributed by atoms with Crippen molar-refractivity contribution in [2.75, 3.05) is 6.61 Å². The molecule has 0 aliphatic carbocycles. The highest BCUT2D eigenvalue weighted by Crippen LogP contribution is 2.08. The summed E-state index contributed by atoms with van der Waals surface area (Å²) >= 11 is 0. The van der Waals surface area contributed by atoms with Gasteiger partial charge in [-0.05, 0) is 19.8 Å². The third-order valence-corrected chi connectivity index (χ3v) is 2.98. The van der Waals surface area contributed by atoms with Gasteiger partial charge in [0.05, 0.1) is 6.10 Å². The van der Waals surface area contributed by atoms with Gasteiger partial charge in [0.15, 0.2) is 0 Å². The van der Waals surface area contributed by atoms with Crippen LogP contribution < -0.4 is 0 Å². The van der Waals surface area contributed by atoms with E-state index in [1.807, 2.05) is 0 Å². The first-order valence-corrected chi connectivity index (χ1v) is 6.92. The van der Waals surface area contributed by atoms with Gasteiger partial charge in [-0.2, -0.15) is 0 Å². The Morgan fingerprint density at radius 2 is 1.33 bits per heavy atom. The molecule has 0 radical (unpaired) electrons. The van der Waals surface area contributed by atoms with E-state index in [2.05, 4.69) is 20.8 Å². The van der Waals surface area contributed by atoms with Crippen LogP contribution in [0.15, 0.2) is 0 Å². The predicted molar refractivity (Wildman–Crippen MR) is 68.3 cm³/mol. The van der Waals surface area contributed by atoms with Crippen LogP contribution in [0.3, 0.4) is 0 Å². The molecule has 0 amide bonds. The number of hydrogen-bond donors (Lipinski definition) is 0. The van der Waals surface area contributed by atoms with Crippen LogP contribution in [0, 0.1) is 0 Å². The first-order valence-electron chi connectivity index (χ1n) is 6.92. The Morgan fingerprint density at radius 3 is 1.87 bits per heavy atom. The van der Waals surface area contributed by atoms with E-state index in [-0.39, 0.29) is 0 Å². The number of rotatable bonds is 11. The molecule has 0 bridgehead atoms. The van der Waals surface area contributed by atoms with Gasteiger partial charge >= 0.3 is 0 Å². The first kappa shape index (κ1) is 15.0. The summed E-state index contributed by atoms with van der Waals surface area (Å²) in [6, 6.07) is 0. The summed E-state index contributed by atoms with van der Waals surface area (Å²) < 4.78 is 5.64.